The molecule has 98 valence electrons. The van der Waals surface area contributed by atoms with Crippen molar-refractivity contribution in [1.82, 2.24) is 0 Å². The van der Waals surface area contributed by atoms with Crippen LogP contribution in [0, 0.1) is 5.41 Å². The Morgan fingerprint density at radius 2 is 1.78 bits per heavy atom. The van der Waals surface area contributed by atoms with Gasteiger partial charge in [-0.15, -0.1) is 0 Å². The van der Waals surface area contributed by atoms with Gasteiger partial charge in [-0.1, -0.05) is 43.0 Å². The molecule has 0 bridgehead atoms. The summed E-state index contributed by atoms with van der Waals surface area (Å²) in [6, 6.07) is 7.51. The van der Waals surface area contributed by atoms with Gasteiger partial charge in [0, 0.05) is 23.4 Å². The number of halogens is 1. The number of nitrogens with two attached hydrogens (primary N) is 1. The Labute approximate surface area is 114 Å². The van der Waals surface area contributed by atoms with E-state index in [0.29, 0.717) is 23.8 Å². The summed E-state index contributed by atoms with van der Waals surface area (Å²) in [5.41, 5.74) is 6.64. The molecule has 1 saturated carbocycles. The largest absolute Gasteiger partial charge is 0.329 e. The summed E-state index contributed by atoms with van der Waals surface area (Å²) < 4.78 is 0. The summed E-state index contributed by atoms with van der Waals surface area (Å²) in [5.74, 6) is 0.298. The van der Waals surface area contributed by atoms with E-state index >= 15 is 0 Å². The molecule has 0 unspecified atom stereocenters. The molecule has 1 aliphatic carbocycles. The van der Waals surface area contributed by atoms with Crippen LogP contribution in [-0.4, -0.2) is 12.3 Å². The molecular formula is C15H20ClNO. The van der Waals surface area contributed by atoms with E-state index in [1.54, 1.807) is 0 Å². The lowest BCUT2D eigenvalue weighted by Gasteiger charge is -2.34. The SMILES string of the molecule is NCC1(C(=O)Cc2ccc(Cl)cc2)CCCCC1. The molecular weight excluding hydrogens is 246 g/mol. The first kappa shape index (κ1) is 13.6. The van der Waals surface area contributed by atoms with Gasteiger partial charge in [0.25, 0.3) is 0 Å². The van der Waals surface area contributed by atoms with E-state index in [1.165, 1.54) is 6.42 Å². The minimum absolute atomic E-state index is 0.266. The minimum Gasteiger partial charge on any atom is -0.329 e. The van der Waals surface area contributed by atoms with Gasteiger partial charge in [-0.05, 0) is 30.5 Å². The average molecular weight is 266 g/mol. The van der Waals surface area contributed by atoms with E-state index in [9.17, 15) is 4.79 Å². The topological polar surface area (TPSA) is 43.1 Å². The Morgan fingerprint density at radius 3 is 2.33 bits per heavy atom. The molecule has 0 amide bonds. The highest BCUT2D eigenvalue weighted by atomic mass is 35.5. The standard InChI is InChI=1S/C15H20ClNO/c16-13-6-4-12(5-7-13)10-14(18)15(11-17)8-2-1-3-9-15/h4-7H,1-3,8-11,17H2. The molecule has 1 aliphatic rings. The van der Waals surface area contributed by atoms with Crippen LogP contribution in [0.15, 0.2) is 24.3 Å². The Balaban J connectivity index is 2.07. The first-order valence-electron chi connectivity index (χ1n) is 6.64. The van der Waals surface area contributed by atoms with Crippen LogP contribution in [0.3, 0.4) is 0 Å². The maximum atomic E-state index is 12.5. The number of hydrogen-bond acceptors (Lipinski definition) is 2. The van der Waals surface area contributed by atoms with Crippen molar-refractivity contribution in [2.75, 3.05) is 6.54 Å². The lowest BCUT2D eigenvalue weighted by molar-refractivity contribution is -0.129. The second-order valence-electron chi connectivity index (χ2n) is 5.27. The fourth-order valence-corrected chi connectivity index (χ4v) is 2.93. The molecule has 1 aromatic carbocycles. The lowest BCUT2D eigenvalue weighted by Crippen LogP contribution is -2.41. The molecule has 0 atom stereocenters. The van der Waals surface area contributed by atoms with Crippen molar-refractivity contribution in [3.8, 4) is 0 Å². The molecule has 2 rings (SSSR count). The van der Waals surface area contributed by atoms with E-state index in [-0.39, 0.29) is 5.41 Å². The van der Waals surface area contributed by atoms with Crippen molar-refractivity contribution in [1.29, 1.82) is 0 Å². The normalized spacial score (nSPS) is 18.6. The molecule has 0 aromatic heterocycles. The monoisotopic (exact) mass is 265 g/mol. The lowest BCUT2D eigenvalue weighted by atomic mass is 9.70. The van der Waals surface area contributed by atoms with Gasteiger partial charge in [-0.25, -0.2) is 0 Å². The van der Waals surface area contributed by atoms with Crippen molar-refractivity contribution in [3.63, 3.8) is 0 Å². The van der Waals surface area contributed by atoms with E-state index < -0.39 is 0 Å². The average Bonchev–Trinajstić information content (AvgIpc) is 2.42. The van der Waals surface area contributed by atoms with Crippen LogP contribution in [-0.2, 0) is 11.2 Å². The second kappa shape index (κ2) is 5.85. The molecule has 0 saturated heterocycles. The van der Waals surface area contributed by atoms with Gasteiger partial charge >= 0.3 is 0 Å². The maximum absolute atomic E-state index is 12.5. The Hall–Kier alpha value is -0.860. The van der Waals surface area contributed by atoms with Gasteiger partial charge in [0.15, 0.2) is 0 Å². The molecule has 0 radical (unpaired) electrons. The highest BCUT2D eigenvalue weighted by Crippen LogP contribution is 2.37. The first-order valence-corrected chi connectivity index (χ1v) is 7.02. The number of Topliss-reactive ketones (excluding diaryl/α,β-unsaturated/α-hetero) is 1. The maximum Gasteiger partial charge on any atom is 0.144 e. The summed E-state index contributed by atoms with van der Waals surface area (Å²) >= 11 is 5.85. The molecule has 2 nitrogen and oxygen atoms in total. The fraction of sp³-hybridized carbons (Fsp3) is 0.533. The van der Waals surface area contributed by atoms with Crippen LogP contribution >= 0.6 is 11.6 Å². The Bertz CT molecular complexity index is 407. The van der Waals surface area contributed by atoms with Gasteiger partial charge in [0.2, 0.25) is 0 Å². The van der Waals surface area contributed by atoms with Crippen LogP contribution in [0.1, 0.15) is 37.7 Å². The molecule has 2 N–H and O–H groups in total. The summed E-state index contributed by atoms with van der Waals surface area (Å²) in [6.07, 6.45) is 5.88. The number of benzene rings is 1. The van der Waals surface area contributed by atoms with Gasteiger partial charge in [-0.2, -0.15) is 0 Å². The van der Waals surface area contributed by atoms with Gasteiger partial charge in [-0.3, -0.25) is 4.79 Å². The zero-order valence-corrected chi connectivity index (χ0v) is 11.4. The smallest absolute Gasteiger partial charge is 0.144 e. The molecule has 0 heterocycles. The van der Waals surface area contributed by atoms with E-state index in [4.69, 9.17) is 17.3 Å². The van der Waals surface area contributed by atoms with Crippen LogP contribution < -0.4 is 5.73 Å². The zero-order chi connectivity index (χ0) is 13.0. The van der Waals surface area contributed by atoms with Gasteiger partial charge in [0.1, 0.15) is 5.78 Å². The molecule has 0 spiro atoms. The molecule has 0 aliphatic heterocycles. The quantitative estimate of drug-likeness (QED) is 0.907. The molecule has 18 heavy (non-hydrogen) atoms. The Morgan fingerprint density at radius 1 is 1.17 bits per heavy atom. The molecule has 1 aromatic rings. The van der Waals surface area contributed by atoms with Crippen LogP contribution in [0.5, 0.6) is 0 Å². The van der Waals surface area contributed by atoms with Crippen LogP contribution in [0.4, 0.5) is 0 Å². The van der Waals surface area contributed by atoms with Crippen LogP contribution in [0.25, 0.3) is 0 Å². The fourth-order valence-electron chi connectivity index (χ4n) is 2.80. The number of carbonyl (C=O) groups excluding carboxylic acids is 1. The minimum atomic E-state index is -0.266. The molecule has 3 heteroatoms. The third-order valence-corrected chi connectivity index (χ3v) is 4.32. The third-order valence-electron chi connectivity index (χ3n) is 4.07. The van der Waals surface area contributed by atoms with Crippen molar-refractivity contribution in [2.24, 2.45) is 11.1 Å². The van der Waals surface area contributed by atoms with Crippen molar-refractivity contribution in [2.45, 2.75) is 38.5 Å². The van der Waals surface area contributed by atoms with Gasteiger partial charge in [0.05, 0.1) is 0 Å². The van der Waals surface area contributed by atoms with Gasteiger partial charge < -0.3 is 5.73 Å². The van der Waals surface area contributed by atoms with E-state index in [1.807, 2.05) is 24.3 Å². The molecule has 1 fully saturated rings. The van der Waals surface area contributed by atoms with Crippen molar-refractivity contribution >= 4 is 17.4 Å². The predicted molar refractivity (Wildman–Crippen MR) is 74.7 cm³/mol. The highest BCUT2D eigenvalue weighted by molar-refractivity contribution is 6.30. The number of ketones is 1. The summed E-state index contributed by atoms with van der Waals surface area (Å²) in [6.45, 7) is 0.486. The second-order valence-corrected chi connectivity index (χ2v) is 5.71. The predicted octanol–water partition coefficient (Wildman–Crippen LogP) is 3.36. The number of carbonyl (C=O) groups is 1. The van der Waals surface area contributed by atoms with Crippen molar-refractivity contribution in [3.05, 3.63) is 34.9 Å². The Kier molecular flexibility index (Phi) is 4.41. The van der Waals surface area contributed by atoms with Crippen LogP contribution in [0.2, 0.25) is 5.02 Å². The summed E-state index contributed by atoms with van der Waals surface area (Å²) in [7, 11) is 0. The number of hydrogen-bond donors (Lipinski definition) is 1. The third kappa shape index (κ3) is 2.93. The first-order chi connectivity index (χ1) is 8.66. The van der Waals surface area contributed by atoms with E-state index in [0.717, 1.165) is 31.2 Å². The zero-order valence-electron chi connectivity index (χ0n) is 10.6. The van der Waals surface area contributed by atoms with E-state index in [2.05, 4.69) is 0 Å². The summed E-state index contributed by atoms with van der Waals surface area (Å²) in [4.78, 5) is 12.5. The number of rotatable bonds is 4. The summed E-state index contributed by atoms with van der Waals surface area (Å²) in [5, 5.41) is 0.706. The van der Waals surface area contributed by atoms with Crippen molar-refractivity contribution < 1.29 is 4.79 Å². The highest BCUT2D eigenvalue weighted by Gasteiger charge is 2.37.